The molecule has 0 amide bonds. The summed E-state index contributed by atoms with van der Waals surface area (Å²) in [5.41, 5.74) is 18.5. The van der Waals surface area contributed by atoms with Gasteiger partial charge in [-0.3, -0.25) is 0 Å². The Morgan fingerprint density at radius 1 is 0.735 bits per heavy atom. The molecule has 1 atom stereocenters. The normalized spacial score (nSPS) is 14.8. The Labute approximate surface area is 320 Å². The van der Waals surface area contributed by atoms with Crippen LogP contribution in [0.2, 0.25) is 13.1 Å². The maximum absolute atomic E-state index is 2.72. The first kappa shape index (κ1) is 38.0. The van der Waals surface area contributed by atoms with Gasteiger partial charge in [0.2, 0.25) is 0 Å². The van der Waals surface area contributed by atoms with Crippen LogP contribution in [0.25, 0.3) is 39.1 Å². The van der Waals surface area contributed by atoms with Gasteiger partial charge < -0.3 is 24.8 Å². The Morgan fingerprint density at radius 2 is 1.43 bits per heavy atom. The molecule has 0 heterocycles. The second-order valence-corrected chi connectivity index (χ2v) is 30.9. The monoisotopic (exact) mass is 778 g/mol. The zero-order chi connectivity index (χ0) is 33.2. The number of fused-ring (bicyclic) bond motifs is 5. The van der Waals surface area contributed by atoms with Gasteiger partial charge in [-0.1, -0.05) is 0 Å². The molecule has 0 N–H and O–H groups in total. The molecule has 252 valence electrons. The first-order chi connectivity index (χ1) is 22.4. The molecule has 2 aliphatic carbocycles. The smallest absolute Gasteiger partial charge is 1.00 e. The van der Waals surface area contributed by atoms with Crippen molar-refractivity contribution in [3.63, 3.8) is 0 Å². The average Bonchev–Trinajstić information content (AvgIpc) is 3.56. The number of allylic oxidation sites excluding steroid dienone is 1. The van der Waals surface area contributed by atoms with E-state index in [2.05, 4.69) is 153 Å². The molecule has 2 aliphatic rings. The quantitative estimate of drug-likeness (QED) is 0.191. The van der Waals surface area contributed by atoms with E-state index >= 15 is 0 Å². The maximum atomic E-state index is 2.72. The maximum Gasteiger partial charge on any atom is -1.00 e. The molecule has 0 bridgehead atoms. The molecule has 0 radical (unpaired) electrons. The molecular weight excluding hydrogens is 731 g/mol. The van der Waals surface area contributed by atoms with Crippen LogP contribution >= 0.6 is 0 Å². The van der Waals surface area contributed by atoms with Gasteiger partial charge in [-0.2, -0.15) is 0 Å². The van der Waals surface area contributed by atoms with Gasteiger partial charge in [0, 0.05) is 0 Å². The first-order valence-electron chi connectivity index (χ1n) is 17.8. The van der Waals surface area contributed by atoms with Crippen molar-refractivity contribution in [2.45, 2.75) is 97.6 Å². The van der Waals surface area contributed by atoms with E-state index in [1.807, 2.05) is 0 Å². The predicted molar refractivity (Wildman–Crippen MR) is 205 cm³/mol. The Hall–Kier alpha value is -2.22. The van der Waals surface area contributed by atoms with Gasteiger partial charge in [0.15, 0.2) is 0 Å². The summed E-state index contributed by atoms with van der Waals surface area (Å²) < 4.78 is 1.78. The zero-order valence-corrected chi connectivity index (χ0v) is 35.8. The average molecular weight is 781 g/mol. The van der Waals surface area contributed by atoms with Gasteiger partial charge in [-0.05, 0) is 0 Å². The van der Waals surface area contributed by atoms with Gasteiger partial charge in [-0.15, -0.1) is 0 Å². The van der Waals surface area contributed by atoms with E-state index in [9.17, 15) is 0 Å². The minimum atomic E-state index is -0.710. The van der Waals surface area contributed by atoms with Crippen molar-refractivity contribution in [1.82, 2.24) is 0 Å². The van der Waals surface area contributed by atoms with E-state index in [1.54, 1.807) is 31.1 Å². The summed E-state index contributed by atoms with van der Waals surface area (Å²) in [6.07, 6.45) is 5.96. The molecule has 0 fully saturated rings. The SMILES string of the molecule is CCCC1=Cc2c(-c3cccc4ccccc34)cccc2C1c1c2c(c[c]([Zr+2][SiH](C)C)c1C(C)(C)C)-c1ccc(C(C)(C)C)cc1C2.[Cl-].[Cl-]. The Morgan fingerprint density at radius 3 is 2.12 bits per heavy atom. The van der Waals surface area contributed by atoms with Crippen molar-refractivity contribution < 1.29 is 47.2 Å². The summed E-state index contributed by atoms with van der Waals surface area (Å²) in [7, 11) is 0. The molecular formula is C45H50Cl2SiZr. The summed E-state index contributed by atoms with van der Waals surface area (Å²) >= 11 is -0.695. The van der Waals surface area contributed by atoms with Gasteiger partial charge >= 0.3 is 298 Å². The minimum absolute atomic E-state index is 0. The van der Waals surface area contributed by atoms with Gasteiger partial charge in [0.1, 0.15) is 0 Å². The van der Waals surface area contributed by atoms with Crippen molar-refractivity contribution in [3.05, 3.63) is 129 Å². The molecule has 0 aromatic heterocycles. The van der Waals surface area contributed by atoms with E-state index in [0.29, 0.717) is 5.92 Å². The van der Waals surface area contributed by atoms with Crippen LogP contribution in [0.4, 0.5) is 0 Å². The van der Waals surface area contributed by atoms with E-state index in [0.717, 1.165) is 19.3 Å². The topological polar surface area (TPSA) is 0 Å². The van der Waals surface area contributed by atoms with Crippen LogP contribution in [0.15, 0.2) is 90.5 Å². The molecule has 7 rings (SSSR count). The summed E-state index contributed by atoms with van der Waals surface area (Å²) in [5, 5.41) is 2.65. The van der Waals surface area contributed by atoms with Crippen molar-refractivity contribution in [3.8, 4) is 22.3 Å². The molecule has 0 nitrogen and oxygen atoms in total. The zero-order valence-electron chi connectivity index (χ0n) is 30.7. The Bertz CT molecular complexity index is 2050. The fraction of sp³-hybridized carbons (Fsp3) is 0.333. The van der Waals surface area contributed by atoms with Crippen LogP contribution in [0.5, 0.6) is 0 Å². The second-order valence-electron chi connectivity index (χ2n) is 16.3. The van der Waals surface area contributed by atoms with E-state index in [4.69, 9.17) is 0 Å². The molecule has 5 aromatic carbocycles. The van der Waals surface area contributed by atoms with Crippen LogP contribution in [-0.2, 0) is 39.6 Å². The fourth-order valence-electron chi connectivity index (χ4n) is 8.39. The number of hydrogen-bond acceptors (Lipinski definition) is 0. The number of benzene rings is 5. The molecule has 4 heteroatoms. The van der Waals surface area contributed by atoms with Crippen LogP contribution < -0.4 is 28.1 Å². The van der Waals surface area contributed by atoms with Crippen LogP contribution in [-0.4, -0.2) is 5.92 Å². The standard InChI is InChI=1S/C43H43.C2H7Si.2ClH.Zr/c1-8-13-28-25-37-34(33-17-11-15-27-14-9-10-16-31(27)33)18-12-19-36(37)40(28)41-38-26-29-24-30(42(2,3)4)20-21-32(29)35(38)22-23-39(41)43(5,6)7;1-3-2;;;/h9-12,14-22,24-25,40H,8,13,26H2,1-7H3;3H,1-2H3;2*1H;/q;;;;+2/p-2. The third kappa shape index (κ3) is 6.90. The van der Waals surface area contributed by atoms with Gasteiger partial charge in [0.05, 0.1) is 0 Å². The van der Waals surface area contributed by atoms with Crippen molar-refractivity contribution in [2.75, 3.05) is 0 Å². The predicted octanol–water partition coefficient (Wildman–Crippen LogP) is 5.70. The molecule has 0 spiro atoms. The van der Waals surface area contributed by atoms with Crippen molar-refractivity contribution in [1.29, 1.82) is 0 Å². The van der Waals surface area contributed by atoms with E-state index in [1.165, 1.54) is 49.7 Å². The summed E-state index contributed by atoms with van der Waals surface area (Å²) in [6.45, 7) is 22.1. The molecule has 1 unspecified atom stereocenters. The summed E-state index contributed by atoms with van der Waals surface area (Å²) in [5.74, 6) is -0.397. The number of halogens is 2. The molecule has 0 aliphatic heterocycles. The molecule has 0 saturated heterocycles. The van der Waals surface area contributed by atoms with Crippen LogP contribution in [0, 0.1) is 0 Å². The van der Waals surface area contributed by atoms with Crippen LogP contribution in [0.3, 0.4) is 0 Å². The fourth-order valence-corrected chi connectivity index (χ4v) is 17.1. The van der Waals surface area contributed by atoms with E-state index in [-0.39, 0.29) is 35.6 Å². The van der Waals surface area contributed by atoms with Crippen molar-refractivity contribution in [2.24, 2.45) is 0 Å². The van der Waals surface area contributed by atoms with Crippen LogP contribution in [0.1, 0.15) is 106 Å². The second kappa shape index (κ2) is 14.4. The third-order valence-electron chi connectivity index (χ3n) is 10.4. The Balaban J connectivity index is 0.00000234. The summed E-state index contributed by atoms with van der Waals surface area (Å²) in [4.78, 5) is 0. The van der Waals surface area contributed by atoms with Gasteiger partial charge in [0.25, 0.3) is 0 Å². The molecule has 5 aromatic rings. The number of hydrogen-bond donors (Lipinski definition) is 0. The first-order valence-corrected chi connectivity index (χ1v) is 26.2. The Kier molecular flexibility index (Phi) is 11.2. The largest absolute Gasteiger partial charge is 1.00 e. The third-order valence-corrected chi connectivity index (χ3v) is 18.8. The minimum Gasteiger partial charge on any atom is -1.00 e. The van der Waals surface area contributed by atoms with E-state index < -0.39 is 28.3 Å². The van der Waals surface area contributed by atoms with Crippen molar-refractivity contribution >= 4 is 26.0 Å². The molecule has 49 heavy (non-hydrogen) atoms. The van der Waals surface area contributed by atoms with Gasteiger partial charge in [-0.25, -0.2) is 0 Å². The number of rotatable bonds is 6. The summed E-state index contributed by atoms with van der Waals surface area (Å²) in [6, 6.07) is 33.0. The molecule has 0 saturated carbocycles.